The molecule has 0 saturated carbocycles. The van der Waals surface area contributed by atoms with Gasteiger partial charge in [0.25, 0.3) is 10.0 Å². The van der Waals surface area contributed by atoms with E-state index in [0.29, 0.717) is 35.9 Å². The van der Waals surface area contributed by atoms with Gasteiger partial charge in [0.05, 0.1) is 15.9 Å². The van der Waals surface area contributed by atoms with Crippen LogP contribution in [0.5, 0.6) is 5.75 Å². The van der Waals surface area contributed by atoms with Crippen LogP contribution in [-0.4, -0.2) is 31.1 Å². The molecule has 0 aliphatic carbocycles. The van der Waals surface area contributed by atoms with Gasteiger partial charge in [-0.3, -0.25) is 4.79 Å². The lowest BCUT2D eigenvalue weighted by Crippen LogP contribution is -2.40. The minimum Gasteiger partial charge on any atom is -0.489 e. The molecule has 1 fully saturated rings. The van der Waals surface area contributed by atoms with Crippen LogP contribution in [0.2, 0.25) is 4.34 Å². The molecule has 4 rings (SSSR count). The predicted octanol–water partition coefficient (Wildman–Crippen LogP) is 6.35. The van der Waals surface area contributed by atoms with Crippen molar-refractivity contribution in [1.29, 1.82) is 0 Å². The number of alkyl halides is 3. The molecule has 1 aliphatic rings. The first-order valence-corrected chi connectivity index (χ1v) is 13.9. The SMILES string of the molecule is O=C(CCc1ccc(COc2ccc(C(F)(F)F)cc2)cc1)[C@@H]1CCCN1S(=O)(=O)c1ccc(Cl)s1. The number of carbonyl (C=O) groups is 1. The summed E-state index contributed by atoms with van der Waals surface area (Å²) in [5.41, 5.74) is 1.01. The Morgan fingerprint density at radius 1 is 1.03 bits per heavy atom. The highest BCUT2D eigenvalue weighted by molar-refractivity contribution is 7.91. The van der Waals surface area contributed by atoms with Crippen LogP contribution in [0, 0.1) is 0 Å². The third-order valence-electron chi connectivity index (χ3n) is 5.96. The molecular formula is C25H23ClF3NO4S2. The molecule has 3 aromatic rings. The molecule has 36 heavy (non-hydrogen) atoms. The number of thiophene rings is 1. The molecular weight excluding hydrogens is 535 g/mol. The fourth-order valence-corrected chi connectivity index (χ4v) is 7.33. The second-order valence-corrected chi connectivity index (χ2v) is 12.3. The maximum absolute atomic E-state index is 13.0. The number of ketones is 1. The quantitative estimate of drug-likeness (QED) is 0.307. The first kappa shape index (κ1) is 26.7. The third-order valence-corrected chi connectivity index (χ3v) is 9.56. The van der Waals surface area contributed by atoms with Gasteiger partial charge in [0, 0.05) is 13.0 Å². The van der Waals surface area contributed by atoms with Crippen molar-refractivity contribution in [1.82, 2.24) is 4.31 Å². The summed E-state index contributed by atoms with van der Waals surface area (Å²) in [4.78, 5) is 12.9. The Bertz CT molecular complexity index is 1310. The van der Waals surface area contributed by atoms with Gasteiger partial charge in [0.2, 0.25) is 0 Å². The van der Waals surface area contributed by atoms with E-state index in [1.54, 1.807) is 0 Å². The highest BCUT2D eigenvalue weighted by atomic mass is 35.5. The first-order chi connectivity index (χ1) is 17.0. The lowest BCUT2D eigenvalue weighted by Gasteiger charge is -2.22. The number of sulfonamides is 1. The van der Waals surface area contributed by atoms with Crippen molar-refractivity contribution in [3.63, 3.8) is 0 Å². The standard InChI is InChI=1S/C25H23ClF3NO4S2/c26-23-13-14-24(35-23)36(32,33)30-15-1-2-21(30)22(31)12-7-17-3-5-18(6-4-17)16-34-20-10-8-19(9-11-20)25(27,28)29/h3-6,8-11,13-14,21H,1-2,7,12,15-16H2/t21-/m0/s1. The van der Waals surface area contributed by atoms with Crippen molar-refractivity contribution >= 4 is 38.7 Å². The second kappa shape index (κ2) is 10.9. The molecule has 0 bridgehead atoms. The van der Waals surface area contributed by atoms with Crippen LogP contribution < -0.4 is 4.74 Å². The number of hydrogen-bond donors (Lipinski definition) is 0. The molecule has 1 aromatic heterocycles. The summed E-state index contributed by atoms with van der Waals surface area (Å²) in [6, 6.07) is 14.2. The summed E-state index contributed by atoms with van der Waals surface area (Å²) in [5.74, 6) is 0.215. The van der Waals surface area contributed by atoms with Crippen LogP contribution in [0.3, 0.4) is 0 Å². The van der Waals surface area contributed by atoms with Crippen LogP contribution in [0.4, 0.5) is 13.2 Å². The van der Waals surface area contributed by atoms with Crippen molar-refractivity contribution in [3.8, 4) is 5.75 Å². The van der Waals surface area contributed by atoms with Crippen LogP contribution in [0.1, 0.15) is 36.0 Å². The fraction of sp³-hybridized carbons (Fsp3) is 0.320. The monoisotopic (exact) mass is 557 g/mol. The van der Waals surface area contributed by atoms with Gasteiger partial charge < -0.3 is 4.74 Å². The van der Waals surface area contributed by atoms with E-state index < -0.39 is 27.8 Å². The van der Waals surface area contributed by atoms with Crippen molar-refractivity contribution in [2.24, 2.45) is 0 Å². The van der Waals surface area contributed by atoms with Gasteiger partial charge in [-0.1, -0.05) is 35.9 Å². The van der Waals surface area contributed by atoms with E-state index in [9.17, 15) is 26.4 Å². The van der Waals surface area contributed by atoms with Gasteiger partial charge in [0.15, 0.2) is 5.78 Å². The van der Waals surface area contributed by atoms with Gasteiger partial charge in [-0.2, -0.15) is 17.5 Å². The Labute approximate surface area is 216 Å². The van der Waals surface area contributed by atoms with Gasteiger partial charge in [-0.25, -0.2) is 8.42 Å². The summed E-state index contributed by atoms with van der Waals surface area (Å²) in [7, 11) is -3.76. The molecule has 1 saturated heterocycles. The maximum Gasteiger partial charge on any atom is 0.416 e. The average molecular weight is 558 g/mol. The number of benzene rings is 2. The summed E-state index contributed by atoms with van der Waals surface area (Å²) in [6.45, 7) is 0.494. The van der Waals surface area contributed by atoms with E-state index in [-0.39, 0.29) is 23.0 Å². The minimum atomic E-state index is -4.39. The number of rotatable bonds is 9. The number of hydrogen-bond acceptors (Lipinski definition) is 5. The Morgan fingerprint density at radius 2 is 1.69 bits per heavy atom. The van der Waals surface area contributed by atoms with E-state index in [1.807, 2.05) is 24.3 Å². The Kier molecular flexibility index (Phi) is 8.09. The Hall–Kier alpha value is -2.40. The molecule has 0 spiro atoms. The summed E-state index contributed by atoms with van der Waals surface area (Å²) >= 11 is 6.88. The van der Waals surface area contributed by atoms with Gasteiger partial charge in [-0.05, 0) is 66.8 Å². The Balaban J connectivity index is 1.30. The van der Waals surface area contributed by atoms with Crippen LogP contribution >= 0.6 is 22.9 Å². The summed E-state index contributed by atoms with van der Waals surface area (Å²) < 4.78 is 71.3. The zero-order valence-corrected chi connectivity index (χ0v) is 21.4. The normalized spacial score (nSPS) is 16.8. The van der Waals surface area contributed by atoms with Crippen molar-refractivity contribution in [2.75, 3.05) is 6.54 Å². The van der Waals surface area contributed by atoms with E-state index in [1.165, 1.54) is 28.6 Å². The number of aryl methyl sites for hydroxylation is 1. The zero-order chi connectivity index (χ0) is 25.9. The molecule has 0 unspecified atom stereocenters. The Morgan fingerprint density at radius 3 is 2.31 bits per heavy atom. The van der Waals surface area contributed by atoms with Gasteiger partial charge >= 0.3 is 6.18 Å². The molecule has 2 aromatic carbocycles. The highest BCUT2D eigenvalue weighted by Crippen LogP contribution is 2.33. The lowest BCUT2D eigenvalue weighted by molar-refractivity contribution is -0.137. The number of nitrogens with zero attached hydrogens (tertiary/aromatic N) is 1. The summed E-state index contributed by atoms with van der Waals surface area (Å²) in [6.07, 6.45) is -2.59. The van der Waals surface area contributed by atoms with E-state index in [4.69, 9.17) is 16.3 Å². The molecule has 0 radical (unpaired) electrons. The predicted molar refractivity (Wildman–Crippen MR) is 132 cm³/mol. The molecule has 192 valence electrons. The second-order valence-electron chi connectivity index (χ2n) is 8.43. The highest BCUT2D eigenvalue weighted by Gasteiger charge is 2.39. The molecule has 0 N–H and O–H groups in total. The molecule has 5 nitrogen and oxygen atoms in total. The smallest absolute Gasteiger partial charge is 0.416 e. The zero-order valence-electron chi connectivity index (χ0n) is 19.0. The van der Waals surface area contributed by atoms with E-state index >= 15 is 0 Å². The number of carbonyl (C=O) groups excluding carboxylic acids is 1. The molecule has 0 amide bonds. The number of ether oxygens (including phenoxy) is 1. The molecule has 11 heteroatoms. The third kappa shape index (κ3) is 6.29. The molecule has 1 aliphatic heterocycles. The average Bonchev–Trinajstić information content (AvgIpc) is 3.52. The van der Waals surface area contributed by atoms with Gasteiger partial charge in [-0.15, -0.1) is 11.3 Å². The van der Waals surface area contributed by atoms with Crippen LogP contribution in [0.25, 0.3) is 0 Å². The lowest BCUT2D eigenvalue weighted by atomic mass is 10.0. The topological polar surface area (TPSA) is 63.7 Å². The van der Waals surface area contributed by atoms with Gasteiger partial charge in [0.1, 0.15) is 16.6 Å². The van der Waals surface area contributed by atoms with Crippen LogP contribution in [0.15, 0.2) is 64.9 Å². The van der Waals surface area contributed by atoms with Crippen LogP contribution in [-0.2, 0) is 34.0 Å². The fourth-order valence-electron chi connectivity index (χ4n) is 4.04. The largest absolute Gasteiger partial charge is 0.489 e. The molecule has 2 heterocycles. The van der Waals surface area contributed by atoms with Crippen molar-refractivity contribution < 1.29 is 31.1 Å². The van der Waals surface area contributed by atoms with Crippen molar-refractivity contribution in [2.45, 2.75) is 48.7 Å². The first-order valence-electron chi connectivity index (χ1n) is 11.2. The number of Topliss-reactive ketones (excluding diaryl/α,β-unsaturated/α-hetero) is 1. The van der Waals surface area contributed by atoms with E-state index in [0.717, 1.165) is 34.6 Å². The van der Waals surface area contributed by atoms with E-state index in [2.05, 4.69) is 0 Å². The molecule has 1 atom stereocenters. The minimum absolute atomic E-state index is 0.117. The summed E-state index contributed by atoms with van der Waals surface area (Å²) in [5, 5.41) is 0. The van der Waals surface area contributed by atoms with Crippen molar-refractivity contribution in [3.05, 3.63) is 81.7 Å². The maximum atomic E-state index is 13.0. The number of halogens is 4.